The lowest BCUT2D eigenvalue weighted by molar-refractivity contribution is 1.19. The van der Waals surface area contributed by atoms with Crippen LogP contribution in [0.1, 0.15) is 5.56 Å². The van der Waals surface area contributed by atoms with Crippen LogP contribution >= 0.6 is 21.6 Å². The van der Waals surface area contributed by atoms with E-state index in [1.807, 2.05) is 60.9 Å². The van der Waals surface area contributed by atoms with Crippen LogP contribution in [0.2, 0.25) is 0 Å². The van der Waals surface area contributed by atoms with Gasteiger partial charge in [0.25, 0.3) is 0 Å². The van der Waals surface area contributed by atoms with Gasteiger partial charge in [-0.05, 0) is 42.0 Å². The van der Waals surface area contributed by atoms with E-state index in [4.69, 9.17) is 5.26 Å². The summed E-state index contributed by atoms with van der Waals surface area (Å²) in [5.74, 6) is 0. The first-order chi connectivity index (χ1) is 9.29. The van der Waals surface area contributed by atoms with Crippen LogP contribution in [0.25, 0.3) is 0 Å². The number of nitrogens with zero attached hydrogens (tertiary/aromatic N) is 3. The van der Waals surface area contributed by atoms with Crippen molar-refractivity contribution < 1.29 is 0 Å². The SMILES string of the molecule is Cc1ccc(N=Nc2ccccc2SSC#N)cc1. The second-order valence-electron chi connectivity index (χ2n) is 3.76. The van der Waals surface area contributed by atoms with Crippen LogP contribution in [-0.4, -0.2) is 0 Å². The van der Waals surface area contributed by atoms with Gasteiger partial charge in [-0.1, -0.05) is 29.8 Å². The van der Waals surface area contributed by atoms with Crippen molar-refractivity contribution in [3.05, 3.63) is 54.1 Å². The van der Waals surface area contributed by atoms with Crippen LogP contribution in [0.3, 0.4) is 0 Å². The largest absolute Gasteiger partial charge is 0.184 e. The van der Waals surface area contributed by atoms with Gasteiger partial charge >= 0.3 is 0 Å². The highest BCUT2D eigenvalue weighted by Gasteiger charge is 2.01. The number of thiocyanates is 1. The van der Waals surface area contributed by atoms with Gasteiger partial charge in [0.2, 0.25) is 0 Å². The van der Waals surface area contributed by atoms with Crippen LogP contribution in [0, 0.1) is 17.6 Å². The molecular formula is C14H11N3S2. The third-order valence-electron chi connectivity index (χ3n) is 2.34. The molecule has 94 valence electrons. The topological polar surface area (TPSA) is 48.5 Å². The van der Waals surface area contributed by atoms with Crippen molar-refractivity contribution in [3.63, 3.8) is 0 Å². The van der Waals surface area contributed by atoms with Crippen LogP contribution in [0.15, 0.2) is 63.7 Å². The van der Waals surface area contributed by atoms with Gasteiger partial charge in [-0.25, -0.2) is 0 Å². The summed E-state index contributed by atoms with van der Waals surface area (Å²) < 4.78 is 0. The molecule has 0 heterocycles. The van der Waals surface area contributed by atoms with Gasteiger partial charge < -0.3 is 0 Å². The predicted molar refractivity (Wildman–Crippen MR) is 80.9 cm³/mol. The standard InChI is InChI=1S/C14H11N3S2/c1-11-6-8-12(9-7-11)16-17-13-4-2-3-5-14(13)19-18-10-15/h2-9H,1H3. The molecule has 2 rings (SSSR count). The Morgan fingerprint density at radius 2 is 1.74 bits per heavy atom. The number of nitriles is 1. The lowest BCUT2D eigenvalue weighted by Crippen LogP contribution is -1.71. The van der Waals surface area contributed by atoms with Crippen molar-refractivity contribution in [2.75, 3.05) is 0 Å². The molecule has 0 saturated heterocycles. The number of hydrogen-bond acceptors (Lipinski definition) is 5. The third-order valence-corrected chi connectivity index (χ3v) is 4.04. The lowest BCUT2D eigenvalue weighted by atomic mass is 10.2. The van der Waals surface area contributed by atoms with Crippen molar-refractivity contribution in [2.45, 2.75) is 11.8 Å². The normalized spacial score (nSPS) is 10.5. The van der Waals surface area contributed by atoms with Crippen molar-refractivity contribution in [2.24, 2.45) is 10.2 Å². The average Bonchev–Trinajstić information content (AvgIpc) is 2.45. The van der Waals surface area contributed by atoms with Crippen molar-refractivity contribution in [1.82, 2.24) is 0 Å². The molecule has 0 aliphatic heterocycles. The minimum atomic E-state index is 0.774. The molecule has 3 nitrogen and oxygen atoms in total. The van der Waals surface area contributed by atoms with E-state index in [-0.39, 0.29) is 0 Å². The van der Waals surface area contributed by atoms with Gasteiger partial charge in [-0.2, -0.15) is 10.4 Å². The zero-order chi connectivity index (χ0) is 13.5. The Morgan fingerprint density at radius 1 is 1.00 bits per heavy atom. The van der Waals surface area contributed by atoms with E-state index in [2.05, 4.69) is 10.2 Å². The monoisotopic (exact) mass is 285 g/mol. The second-order valence-corrected chi connectivity index (χ2v) is 5.72. The minimum Gasteiger partial charge on any atom is -0.184 e. The summed E-state index contributed by atoms with van der Waals surface area (Å²) in [5.41, 5.74) is 2.79. The van der Waals surface area contributed by atoms with Gasteiger partial charge in [-0.15, -0.1) is 5.11 Å². The van der Waals surface area contributed by atoms with E-state index < -0.39 is 0 Å². The Morgan fingerprint density at radius 3 is 2.47 bits per heavy atom. The van der Waals surface area contributed by atoms with E-state index in [1.54, 1.807) is 0 Å². The zero-order valence-corrected chi connectivity index (χ0v) is 11.9. The van der Waals surface area contributed by atoms with E-state index in [0.29, 0.717) is 0 Å². The summed E-state index contributed by atoms with van der Waals surface area (Å²) in [7, 11) is 2.51. The Labute approximate surface area is 120 Å². The molecule has 0 aliphatic carbocycles. The molecule has 0 aliphatic rings. The van der Waals surface area contributed by atoms with Crippen molar-refractivity contribution in [1.29, 1.82) is 5.26 Å². The minimum absolute atomic E-state index is 0.774. The fourth-order valence-electron chi connectivity index (χ4n) is 1.40. The molecule has 0 unspecified atom stereocenters. The second kappa shape index (κ2) is 6.98. The van der Waals surface area contributed by atoms with E-state index >= 15 is 0 Å². The Bertz CT molecular complexity index is 615. The average molecular weight is 285 g/mol. The maximum atomic E-state index is 8.59. The molecule has 2 aromatic rings. The summed E-state index contributed by atoms with van der Waals surface area (Å²) >= 11 is 0. The molecule has 0 bridgehead atoms. The molecule has 19 heavy (non-hydrogen) atoms. The Hall–Kier alpha value is -1.77. The third kappa shape index (κ3) is 4.12. The van der Waals surface area contributed by atoms with Crippen molar-refractivity contribution in [3.8, 4) is 5.40 Å². The Balaban J connectivity index is 2.18. The van der Waals surface area contributed by atoms with Gasteiger partial charge in [-0.3, -0.25) is 0 Å². The number of hydrogen-bond donors (Lipinski definition) is 0. The molecular weight excluding hydrogens is 274 g/mol. The molecule has 0 atom stereocenters. The highest BCUT2D eigenvalue weighted by molar-refractivity contribution is 8.78. The number of benzene rings is 2. The first kappa shape index (κ1) is 13.7. The number of rotatable bonds is 4. The number of aryl methyl sites for hydroxylation is 1. The maximum absolute atomic E-state index is 8.59. The predicted octanol–water partition coefficient (Wildman–Crippen LogP) is 5.63. The van der Waals surface area contributed by atoms with Gasteiger partial charge in [0.1, 0.15) is 11.1 Å². The molecule has 0 aromatic heterocycles. The Kier molecular flexibility index (Phi) is 5.01. The van der Waals surface area contributed by atoms with E-state index in [0.717, 1.165) is 27.1 Å². The van der Waals surface area contributed by atoms with Crippen LogP contribution in [0.5, 0.6) is 0 Å². The van der Waals surface area contributed by atoms with Crippen molar-refractivity contribution >= 4 is 33.0 Å². The fourth-order valence-corrected chi connectivity index (χ4v) is 2.66. The zero-order valence-electron chi connectivity index (χ0n) is 10.3. The molecule has 0 N–H and O–H groups in total. The maximum Gasteiger partial charge on any atom is 0.145 e. The molecule has 5 heteroatoms. The summed E-state index contributed by atoms with van der Waals surface area (Å²) in [6, 6.07) is 15.5. The molecule has 0 amide bonds. The molecule has 0 saturated carbocycles. The van der Waals surface area contributed by atoms with Crippen LogP contribution in [-0.2, 0) is 0 Å². The first-order valence-electron chi connectivity index (χ1n) is 5.59. The highest BCUT2D eigenvalue weighted by atomic mass is 33.1. The molecule has 0 spiro atoms. The van der Waals surface area contributed by atoms with Crippen LogP contribution < -0.4 is 0 Å². The van der Waals surface area contributed by atoms with E-state index in [1.165, 1.54) is 16.4 Å². The summed E-state index contributed by atoms with van der Waals surface area (Å²) in [4.78, 5) is 0.935. The molecule has 0 radical (unpaired) electrons. The van der Waals surface area contributed by atoms with Crippen LogP contribution in [0.4, 0.5) is 11.4 Å². The summed E-state index contributed by atoms with van der Waals surface area (Å²) in [5, 5.41) is 19.1. The smallest absolute Gasteiger partial charge is 0.145 e. The summed E-state index contributed by atoms with van der Waals surface area (Å²) in [6.07, 6.45) is 0. The quantitative estimate of drug-likeness (QED) is 0.415. The first-order valence-corrected chi connectivity index (χ1v) is 7.74. The fraction of sp³-hybridized carbons (Fsp3) is 0.0714. The van der Waals surface area contributed by atoms with Gasteiger partial charge in [0.05, 0.1) is 5.69 Å². The number of azo groups is 1. The molecule has 2 aromatic carbocycles. The lowest BCUT2D eigenvalue weighted by Gasteiger charge is -2.00. The summed E-state index contributed by atoms with van der Waals surface area (Å²) in [6.45, 7) is 2.03. The van der Waals surface area contributed by atoms with Gasteiger partial charge in [0, 0.05) is 15.7 Å². The van der Waals surface area contributed by atoms with E-state index in [9.17, 15) is 0 Å². The van der Waals surface area contributed by atoms with Gasteiger partial charge in [0.15, 0.2) is 0 Å². The molecule has 0 fully saturated rings. The highest BCUT2D eigenvalue weighted by Crippen LogP contribution is 2.37.